The van der Waals surface area contributed by atoms with Gasteiger partial charge >= 0.3 is 0 Å². The van der Waals surface area contributed by atoms with Gasteiger partial charge in [0.25, 0.3) is 5.91 Å². The molecule has 2 aromatic carbocycles. The Labute approximate surface area is 134 Å². The van der Waals surface area contributed by atoms with Gasteiger partial charge in [0.2, 0.25) is 0 Å². The van der Waals surface area contributed by atoms with Gasteiger partial charge in [-0.3, -0.25) is 4.79 Å². The average Bonchev–Trinajstić information content (AvgIpc) is 2.43. The van der Waals surface area contributed by atoms with E-state index in [1.54, 1.807) is 36.2 Å². The molecule has 0 aliphatic heterocycles. The van der Waals surface area contributed by atoms with Crippen molar-refractivity contribution in [3.8, 4) is 5.75 Å². The summed E-state index contributed by atoms with van der Waals surface area (Å²) in [6.07, 6.45) is 0. The second kappa shape index (κ2) is 6.41. The van der Waals surface area contributed by atoms with Crippen molar-refractivity contribution in [1.29, 1.82) is 0 Å². The average molecular weight is 399 g/mol. The van der Waals surface area contributed by atoms with Gasteiger partial charge in [0.05, 0.1) is 5.56 Å². The summed E-state index contributed by atoms with van der Waals surface area (Å²) >= 11 is 6.74. The Morgan fingerprint density at radius 1 is 1.20 bits per heavy atom. The second-order valence-corrected chi connectivity index (χ2v) is 6.18. The van der Waals surface area contributed by atoms with Gasteiger partial charge in [0, 0.05) is 28.1 Å². The summed E-state index contributed by atoms with van der Waals surface area (Å²) in [4.78, 5) is 14.0. The Hall–Kier alpha value is -1.33. The van der Waals surface area contributed by atoms with E-state index in [2.05, 4.69) is 31.9 Å². The van der Waals surface area contributed by atoms with E-state index in [0.29, 0.717) is 12.1 Å². The molecule has 104 valence electrons. The molecule has 2 aromatic rings. The van der Waals surface area contributed by atoms with E-state index < -0.39 is 0 Å². The fraction of sp³-hybridized carbons (Fsp3) is 0.133. The molecule has 0 bridgehead atoms. The SMILES string of the molecule is CN(Cc1ccccc1O)C(=O)c1cc(Br)ccc1Br. The molecule has 0 unspecified atom stereocenters. The number of phenolic OH excluding ortho intramolecular Hbond substituents is 1. The molecular weight excluding hydrogens is 386 g/mol. The summed E-state index contributed by atoms with van der Waals surface area (Å²) in [5.41, 5.74) is 1.30. The summed E-state index contributed by atoms with van der Waals surface area (Å²) in [5, 5.41) is 9.76. The number of benzene rings is 2. The van der Waals surface area contributed by atoms with Gasteiger partial charge in [-0.2, -0.15) is 0 Å². The van der Waals surface area contributed by atoms with Crippen LogP contribution in [0.4, 0.5) is 0 Å². The van der Waals surface area contributed by atoms with Crippen LogP contribution in [-0.4, -0.2) is 23.0 Å². The van der Waals surface area contributed by atoms with Crippen LogP contribution in [-0.2, 0) is 6.54 Å². The Balaban J connectivity index is 2.21. The van der Waals surface area contributed by atoms with Crippen molar-refractivity contribution in [2.75, 3.05) is 7.05 Å². The number of aromatic hydroxyl groups is 1. The molecule has 1 amide bonds. The molecule has 0 saturated heterocycles. The highest BCUT2D eigenvalue weighted by molar-refractivity contribution is 9.11. The van der Waals surface area contributed by atoms with E-state index in [1.807, 2.05) is 18.2 Å². The van der Waals surface area contributed by atoms with Crippen molar-refractivity contribution >= 4 is 37.8 Å². The zero-order valence-electron chi connectivity index (χ0n) is 10.8. The monoisotopic (exact) mass is 397 g/mol. The molecular formula is C15H13Br2NO2. The predicted molar refractivity (Wildman–Crippen MR) is 85.7 cm³/mol. The minimum atomic E-state index is -0.110. The van der Waals surface area contributed by atoms with Gasteiger partial charge in [-0.15, -0.1) is 0 Å². The first kappa shape index (κ1) is 15.1. The fourth-order valence-electron chi connectivity index (χ4n) is 1.84. The molecule has 0 aliphatic rings. The second-order valence-electron chi connectivity index (χ2n) is 4.41. The standard InChI is InChI=1S/C15H13Br2NO2/c1-18(9-10-4-2-3-5-14(10)19)15(20)12-8-11(16)6-7-13(12)17/h2-8,19H,9H2,1H3. The lowest BCUT2D eigenvalue weighted by molar-refractivity contribution is 0.0783. The van der Waals surface area contributed by atoms with Crippen molar-refractivity contribution < 1.29 is 9.90 Å². The first-order valence-electron chi connectivity index (χ1n) is 5.96. The smallest absolute Gasteiger partial charge is 0.255 e. The van der Waals surface area contributed by atoms with E-state index >= 15 is 0 Å². The van der Waals surface area contributed by atoms with Crippen molar-refractivity contribution in [3.05, 3.63) is 62.5 Å². The van der Waals surface area contributed by atoms with Gasteiger partial charge in [-0.1, -0.05) is 34.1 Å². The van der Waals surface area contributed by atoms with Crippen LogP contribution in [0.15, 0.2) is 51.4 Å². The number of carbonyl (C=O) groups is 1. The van der Waals surface area contributed by atoms with Crippen molar-refractivity contribution in [1.82, 2.24) is 4.90 Å². The number of phenols is 1. The van der Waals surface area contributed by atoms with Crippen LogP contribution in [0.5, 0.6) is 5.75 Å². The molecule has 1 N–H and O–H groups in total. The van der Waals surface area contributed by atoms with Gasteiger partial charge in [-0.05, 0) is 40.2 Å². The zero-order chi connectivity index (χ0) is 14.7. The maximum Gasteiger partial charge on any atom is 0.255 e. The van der Waals surface area contributed by atoms with E-state index in [4.69, 9.17) is 0 Å². The molecule has 0 spiro atoms. The van der Waals surface area contributed by atoms with Crippen molar-refractivity contribution in [2.45, 2.75) is 6.54 Å². The van der Waals surface area contributed by atoms with Crippen molar-refractivity contribution in [3.63, 3.8) is 0 Å². The van der Waals surface area contributed by atoms with E-state index in [9.17, 15) is 9.90 Å². The lowest BCUT2D eigenvalue weighted by Crippen LogP contribution is -2.26. The van der Waals surface area contributed by atoms with Crippen LogP contribution < -0.4 is 0 Å². The Morgan fingerprint density at radius 3 is 2.60 bits per heavy atom. The lowest BCUT2D eigenvalue weighted by atomic mass is 10.1. The number of hydrogen-bond acceptors (Lipinski definition) is 2. The highest BCUT2D eigenvalue weighted by atomic mass is 79.9. The Bertz CT molecular complexity index is 644. The molecule has 0 aromatic heterocycles. The summed E-state index contributed by atoms with van der Waals surface area (Å²) in [7, 11) is 1.71. The minimum Gasteiger partial charge on any atom is -0.508 e. The van der Waals surface area contributed by atoms with Crippen LogP contribution in [0.1, 0.15) is 15.9 Å². The summed E-state index contributed by atoms with van der Waals surface area (Å²) in [6, 6.07) is 12.5. The normalized spacial score (nSPS) is 10.3. The molecule has 0 fully saturated rings. The number of nitrogens with zero attached hydrogens (tertiary/aromatic N) is 1. The van der Waals surface area contributed by atoms with Crippen molar-refractivity contribution in [2.24, 2.45) is 0 Å². The van der Waals surface area contributed by atoms with Crippen LogP contribution in [0.25, 0.3) is 0 Å². The number of para-hydroxylation sites is 1. The largest absolute Gasteiger partial charge is 0.508 e. The number of amides is 1. The first-order chi connectivity index (χ1) is 9.49. The molecule has 0 heterocycles. The molecule has 0 aliphatic carbocycles. The van der Waals surface area contributed by atoms with Crippen LogP contribution in [0.3, 0.4) is 0 Å². The highest BCUT2D eigenvalue weighted by Crippen LogP contribution is 2.24. The third kappa shape index (κ3) is 3.41. The minimum absolute atomic E-state index is 0.110. The number of rotatable bonds is 3. The van der Waals surface area contributed by atoms with Gasteiger partial charge < -0.3 is 10.0 Å². The van der Waals surface area contributed by atoms with E-state index in [1.165, 1.54) is 0 Å². The Kier molecular flexibility index (Phi) is 4.83. The van der Waals surface area contributed by atoms with E-state index in [0.717, 1.165) is 14.5 Å². The maximum absolute atomic E-state index is 12.4. The summed E-state index contributed by atoms with van der Waals surface area (Å²) in [5.74, 6) is 0.0851. The topological polar surface area (TPSA) is 40.5 Å². The number of carbonyl (C=O) groups excluding carboxylic acids is 1. The lowest BCUT2D eigenvalue weighted by Gasteiger charge is -2.19. The molecule has 5 heteroatoms. The third-order valence-corrected chi connectivity index (χ3v) is 4.09. The molecule has 0 radical (unpaired) electrons. The first-order valence-corrected chi connectivity index (χ1v) is 7.55. The molecule has 0 atom stereocenters. The van der Waals surface area contributed by atoms with Crippen LogP contribution in [0, 0.1) is 0 Å². The van der Waals surface area contributed by atoms with Crippen LogP contribution in [0.2, 0.25) is 0 Å². The third-order valence-electron chi connectivity index (χ3n) is 2.90. The Morgan fingerprint density at radius 2 is 1.90 bits per heavy atom. The number of hydrogen-bond donors (Lipinski definition) is 1. The zero-order valence-corrected chi connectivity index (χ0v) is 14.0. The van der Waals surface area contributed by atoms with Crippen LogP contribution >= 0.6 is 31.9 Å². The molecule has 0 saturated carbocycles. The molecule has 3 nitrogen and oxygen atoms in total. The van der Waals surface area contributed by atoms with E-state index in [-0.39, 0.29) is 11.7 Å². The molecule has 20 heavy (non-hydrogen) atoms. The summed E-state index contributed by atoms with van der Waals surface area (Å²) in [6.45, 7) is 0.352. The highest BCUT2D eigenvalue weighted by Gasteiger charge is 2.16. The quantitative estimate of drug-likeness (QED) is 0.841. The summed E-state index contributed by atoms with van der Waals surface area (Å²) < 4.78 is 1.59. The molecule has 2 rings (SSSR count). The van der Waals surface area contributed by atoms with Gasteiger partial charge in [0.15, 0.2) is 0 Å². The van der Waals surface area contributed by atoms with Gasteiger partial charge in [0.1, 0.15) is 5.75 Å². The van der Waals surface area contributed by atoms with Gasteiger partial charge in [-0.25, -0.2) is 0 Å². The maximum atomic E-state index is 12.4. The predicted octanol–water partition coefficient (Wildman–Crippen LogP) is 4.19. The number of halogens is 2. The fourth-order valence-corrected chi connectivity index (χ4v) is 2.62.